The fourth-order valence-corrected chi connectivity index (χ4v) is 3.62. The number of benzene rings is 1. The molecule has 1 aromatic carbocycles. The smallest absolute Gasteiger partial charge is 0.234 e. The lowest BCUT2D eigenvalue weighted by molar-refractivity contribution is -0.123. The number of carbonyl (C=O) groups is 1. The Kier molecular flexibility index (Phi) is 6.29. The Morgan fingerprint density at radius 1 is 1.12 bits per heavy atom. The molecule has 0 spiro atoms. The standard InChI is InChI=1S/C21H28N2O2/c1-17-8-5-6-12-20(17)22-21(24)16-23(15-19-11-7-13-25-19)14-18-9-3-2-4-10-18/h2-4,7,9-11,13,17,20H,5-6,8,12,14-16H2,1H3,(H,22,24). The van der Waals surface area contributed by atoms with Crippen LogP contribution in [-0.4, -0.2) is 23.4 Å². The van der Waals surface area contributed by atoms with Crippen molar-refractivity contribution in [2.24, 2.45) is 5.92 Å². The molecule has 2 aromatic rings. The average molecular weight is 340 g/mol. The third kappa shape index (κ3) is 5.46. The highest BCUT2D eigenvalue weighted by Crippen LogP contribution is 2.23. The number of hydrogen-bond acceptors (Lipinski definition) is 3. The lowest BCUT2D eigenvalue weighted by Crippen LogP contribution is -2.45. The van der Waals surface area contributed by atoms with Crippen molar-refractivity contribution in [1.29, 1.82) is 0 Å². The number of furan rings is 1. The molecule has 2 atom stereocenters. The van der Waals surface area contributed by atoms with Gasteiger partial charge < -0.3 is 9.73 Å². The highest BCUT2D eigenvalue weighted by atomic mass is 16.3. The van der Waals surface area contributed by atoms with Crippen molar-refractivity contribution >= 4 is 5.91 Å². The third-order valence-electron chi connectivity index (χ3n) is 5.03. The Hall–Kier alpha value is -2.07. The molecular weight excluding hydrogens is 312 g/mol. The van der Waals surface area contributed by atoms with Crippen molar-refractivity contribution in [2.75, 3.05) is 6.54 Å². The molecule has 4 heteroatoms. The van der Waals surface area contributed by atoms with Gasteiger partial charge in [-0.1, -0.05) is 50.1 Å². The minimum atomic E-state index is 0.112. The summed E-state index contributed by atoms with van der Waals surface area (Å²) in [5.74, 6) is 1.57. The molecule has 1 fully saturated rings. The molecule has 1 aliphatic rings. The van der Waals surface area contributed by atoms with Crippen LogP contribution in [0, 0.1) is 5.92 Å². The normalized spacial score (nSPS) is 20.6. The zero-order chi connectivity index (χ0) is 17.5. The second-order valence-corrected chi connectivity index (χ2v) is 7.15. The predicted octanol–water partition coefficient (Wildman–Crippen LogP) is 3.98. The highest BCUT2D eigenvalue weighted by molar-refractivity contribution is 5.78. The van der Waals surface area contributed by atoms with Crippen molar-refractivity contribution in [3.8, 4) is 0 Å². The maximum Gasteiger partial charge on any atom is 0.234 e. The molecule has 1 saturated carbocycles. The molecule has 3 rings (SSSR count). The maximum atomic E-state index is 12.6. The number of nitrogens with one attached hydrogen (secondary N) is 1. The van der Waals surface area contributed by atoms with Crippen molar-refractivity contribution in [3.05, 3.63) is 60.1 Å². The first-order chi connectivity index (χ1) is 12.2. The lowest BCUT2D eigenvalue weighted by Gasteiger charge is -2.30. The molecule has 1 aliphatic carbocycles. The number of rotatable bonds is 7. The van der Waals surface area contributed by atoms with E-state index in [-0.39, 0.29) is 5.91 Å². The summed E-state index contributed by atoms with van der Waals surface area (Å²) in [6.45, 7) is 4.00. The van der Waals surface area contributed by atoms with Gasteiger partial charge in [0.2, 0.25) is 5.91 Å². The van der Waals surface area contributed by atoms with E-state index < -0.39 is 0 Å². The van der Waals surface area contributed by atoms with Gasteiger partial charge in [0.25, 0.3) is 0 Å². The molecule has 0 saturated heterocycles. The van der Waals surface area contributed by atoms with Crippen LogP contribution in [0.5, 0.6) is 0 Å². The van der Waals surface area contributed by atoms with Gasteiger partial charge in [-0.15, -0.1) is 0 Å². The van der Waals surface area contributed by atoms with Gasteiger partial charge >= 0.3 is 0 Å². The van der Waals surface area contributed by atoms with Gasteiger partial charge in [0.05, 0.1) is 19.4 Å². The summed E-state index contributed by atoms with van der Waals surface area (Å²) in [6, 6.07) is 14.4. The zero-order valence-corrected chi connectivity index (χ0v) is 15.0. The van der Waals surface area contributed by atoms with Crippen LogP contribution in [0.25, 0.3) is 0 Å². The molecule has 4 nitrogen and oxygen atoms in total. The molecule has 1 heterocycles. The summed E-state index contributed by atoms with van der Waals surface area (Å²) in [5, 5.41) is 3.25. The van der Waals surface area contributed by atoms with Gasteiger partial charge in [0, 0.05) is 12.6 Å². The summed E-state index contributed by atoms with van der Waals surface area (Å²) < 4.78 is 5.48. The average Bonchev–Trinajstić information content (AvgIpc) is 3.11. The summed E-state index contributed by atoms with van der Waals surface area (Å²) >= 11 is 0. The first kappa shape index (κ1) is 17.7. The number of nitrogens with zero attached hydrogens (tertiary/aromatic N) is 1. The quantitative estimate of drug-likeness (QED) is 0.829. The van der Waals surface area contributed by atoms with E-state index in [1.54, 1.807) is 6.26 Å². The molecule has 25 heavy (non-hydrogen) atoms. The van der Waals surface area contributed by atoms with Crippen molar-refractivity contribution in [1.82, 2.24) is 10.2 Å². The summed E-state index contributed by atoms with van der Waals surface area (Å²) in [4.78, 5) is 14.7. The molecular formula is C21H28N2O2. The molecule has 134 valence electrons. The second kappa shape index (κ2) is 8.86. The van der Waals surface area contributed by atoms with Gasteiger partial charge in [0.15, 0.2) is 0 Å². The summed E-state index contributed by atoms with van der Waals surface area (Å²) in [6.07, 6.45) is 6.50. The molecule has 0 aliphatic heterocycles. The minimum Gasteiger partial charge on any atom is -0.468 e. The maximum absolute atomic E-state index is 12.6. The van der Waals surface area contributed by atoms with Crippen molar-refractivity contribution in [3.63, 3.8) is 0 Å². The fraction of sp³-hybridized carbons (Fsp3) is 0.476. The minimum absolute atomic E-state index is 0.112. The van der Waals surface area contributed by atoms with Crippen LogP contribution in [0.2, 0.25) is 0 Å². The first-order valence-corrected chi connectivity index (χ1v) is 9.29. The van der Waals surface area contributed by atoms with E-state index >= 15 is 0 Å². The summed E-state index contributed by atoms with van der Waals surface area (Å²) in [7, 11) is 0. The predicted molar refractivity (Wildman–Crippen MR) is 98.8 cm³/mol. The van der Waals surface area contributed by atoms with Crippen LogP contribution < -0.4 is 5.32 Å². The molecule has 2 unspecified atom stereocenters. The Bertz CT molecular complexity index is 639. The molecule has 1 N–H and O–H groups in total. The molecule has 0 radical (unpaired) electrons. The van der Waals surface area contributed by atoms with Crippen molar-refractivity contribution in [2.45, 2.75) is 51.7 Å². The molecule has 1 amide bonds. The summed E-state index contributed by atoms with van der Waals surface area (Å²) in [5.41, 5.74) is 1.20. The second-order valence-electron chi connectivity index (χ2n) is 7.15. The Morgan fingerprint density at radius 2 is 1.92 bits per heavy atom. The Labute approximate surface area is 150 Å². The van der Waals surface area contributed by atoms with E-state index in [1.165, 1.54) is 24.8 Å². The van der Waals surface area contributed by atoms with E-state index in [1.807, 2.05) is 30.3 Å². The topological polar surface area (TPSA) is 45.5 Å². The van der Waals surface area contributed by atoms with Gasteiger partial charge in [-0.2, -0.15) is 0 Å². The SMILES string of the molecule is CC1CCCCC1NC(=O)CN(Cc1ccccc1)Cc1ccco1. The van der Waals surface area contributed by atoms with E-state index in [2.05, 4.69) is 29.3 Å². The van der Waals surface area contributed by atoms with Gasteiger partial charge in [-0.3, -0.25) is 9.69 Å². The largest absolute Gasteiger partial charge is 0.468 e. The van der Waals surface area contributed by atoms with Crippen molar-refractivity contribution < 1.29 is 9.21 Å². The van der Waals surface area contributed by atoms with Crippen LogP contribution in [-0.2, 0) is 17.9 Å². The van der Waals surface area contributed by atoms with Crippen LogP contribution in [0.1, 0.15) is 43.9 Å². The monoisotopic (exact) mass is 340 g/mol. The Morgan fingerprint density at radius 3 is 2.64 bits per heavy atom. The van der Waals surface area contributed by atoms with Crippen LogP contribution >= 0.6 is 0 Å². The van der Waals surface area contributed by atoms with Crippen LogP contribution in [0.15, 0.2) is 53.1 Å². The number of amides is 1. The van der Waals surface area contributed by atoms with Gasteiger partial charge in [-0.25, -0.2) is 0 Å². The molecule has 1 aromatic heterocycles. The van der Waals surface area contributed by atoms with Gasteiger partial charge in [-0.05, 0) is 36.5 Å². The zero-order valence-electron chi connectivity index (χ0n) is 15.0. The lowest BCUT2D eigenvalue weighted by atomic mass is 9.86. The van der Waals surface area contributed by atoms with Crippen LogP contribution in [0.3, 0.4) is 0 Å². The van der Waals surface area contributed by atoms with E-state index in [0.717, 1.165) is 18.7 Å². The van der Waals surface area contributed by atoms with E-state index in [0.29, 0.717) is 25.0 Å². The van der Waals surface area contributed by atoms with Crippen LogP contribution in [0.4, 0.5) is 0 Å². The highest BCUT2D eigenvalue weighted by Gasteiger charge is 2.23. The van der Waals surface area contributed by atoms with Gasteiger partial charge in [0.1, 0.15) is 5.76 Å². The fourth-order valence-electron chi connectivity index (χ4n) is 3.62. The molecule has 0 bridgehead atoms. The Balaban J connectivity index is 1.60. The van der Waals surface area contributed by atoms with E-state index in [4.69, 9.17) is 4.42 Å². The van der Waals surface area contributed by atoms with E-state index in [9.17, 15) is 4.79 Å². The number of hydrogen-bond donors (Lipinski definition) is 1. The number of carbonyl (C=O) groups excluding carboxylic acids is 1. The third-order valence-corrected chi connectivity index (χ3v) is 5.03. The first-order valence-electron chi connectivity index (χ1n) is 9.29.